The first kappa shape index (κ1) is 19.1. The molecule has 0 bridgehead atoms. The van der Waals surface area contributed by atoms with Crippen LogP contribution in [0.4, 0.5) is 0 Å². The Bertz CT molecular complexity index is 1150. The van der Waals surface area contributed by atoms with E-state index in [0.717, 1.165) is 16.0 Å². The molecule has 2 aliphatic heterocycles. The predicted octanol–water partition coefficient (Wildman–Crippen LogP) is 2.56. The van der Waals surface area contributed by atoms with Crippen LogP contribution in [-0.2, 0) is 24.8 Å². The van der Waals surface area contributed by atoms with Crippen LogP contribution >= 0.6 is 0 Å². The summed E-state index contributed by atoms with van der Waals surface area (Å²) in [6.07, 6.45) is 0.655. The van der Waals surface area contributed by atoms with E-state index in [-0.39, 0.29) is 22.9 Å². The molecule has 7 heteroatoms. The summed E-state index contributed by atoms with van der Waals surface area (Å²) in [6.45, 7) is 1.47. The summed E-state index contributed by atoms with van der Waals surface area (Å²) in [4.78, 5) is 25.9. The van der Waals surface area contributed by atoms with Gasteiger partial charge in [0.1, 0.15) is 5.70 Å². The maximum Gasteiger partial charge on any atom is 0.352 e. The summed E-state index contributed by atoms with van der Waals surface area (Å²) in [7, 11) is -3.66. The summed E-state index contributed by atoms with van der Waals surface area (Å²) in [5.74, 6) is -2.92. The number of carbonyl (C=O) groups excluding carboxylic acids is 1. The molecular formula is C23H21NO5S. The number of fused-ring (bicyclic) bond motifs is 1. The van der Waals surface area contributed by atoms with Gasteiger partial charge >= 0.3 is 5.97 Å². The molecule has 5 rings (SSSR count). The lowest BCUT2D eigenvalue weighted by atomic mass is 9.79. The van der Waals surface area contributed by atoms with E-state index in [2.05, 4.69) is 0 Å². The molecule has 1 N–H and O–H groups in total. The van der Waals surface area contributed by atoms with E-state index in [1.165, 1.54) is 6.92 Å². The van der Waals surface area contributed by atoms with Crippen LogP contribution in [0.1, 0.15) is 24.5 Å². The van der Waals surface area contributed by atoms with Gasteiger partial charge in [-0.3, -0.25) is 9.69 Å². The fourth-order valence-electron chi connectivity index (χ4n) is 5.45. The van der Waals surface area contributed by atoms with E-state index < -0.39 is 38.4 Å². The molecule has 0 radical (unpaired) electrons. The smallest absolute Gasteiger partial charge is 0.352 e. The van der Waals surface area contributed by atoms with Crippen molar-refractivity contribution in [3.63, 3.8) is 0 Å². The van der Waals surface area contributed by atoms with Crippen molar-refractivity contribution >= 4 is 21.7 Å². The first-order valence-corrected chi connectivity index (χ1v) is 11.6. The van der Waals surface area contributed by atoms with Gasteiger partial charge in [-0.05, 0) is 36.0 Å². The molecule has 1 aliphatic carbocycles. The van der Waals surface area contributed by atoms with E-state index in [0.29, 0.717) is 6.42 Å². The Morgan fingerprint density at radius 1 is 1.03 bits per heavy atom. The lowest BCUT2D eigenvalue weighted by Gasteiger charge is -2.50. The number of hydrogen-bond acceptors (Lipinski definition) is 4. The molecule has 1 saturated heterocycles. The van der Waals surface area contributed by atoms with Crippen LogP contribution in [0.2, 0.25) is 0 Å². The van der Waals surface area contributed by atoms with E-state index in [4.69, 9.17) is 0 Å². The van der Waals surface area contributed by atoms with Gasteiger partial charge in [0, 0.05) is 5.41 Å². The summed E-state index contributed by atoms with van der Waals surface area (Å²) in [5.41, 5.74) is 1.68. The molecule has 2 fully saturated rings. The van der Waals surface area contributed by atoms with Gasteiger partial charge in [-0.25, -0.2) is 13.2 Å². The van der Waals surface area contributed by atoms with Gasteiger partial charge in [-0.2, -0.15) is 0 Å². The number of carboxylic acids is 1. The Balaban J connectivity index is 1.59. The van der Waals surface area contributed by atoms with E-state index >= 15 is 0 Å². The zero-order valence-electron chi connectivity index (χ0n) is 16.4. The zero-order chi connectivity index (χ0) is 21.3. The van der Waals surface area contributed by atoms with Gasteiger partial charge < -0.3 is 5.11 Å². The Labute approximate surface area is 174 Å². The molecule has 154 valence electrons. The standard InChI is InChI=1S/C23H21NO5S/c1-14-13-30(28,29)21-18(20(25)24(21)19(14)22(26)27)17-12-23(17,15-8-4-2-5-9-15)16-10-6-3-7-11-16/h2-11,17-18,21H,12-13H2,1H3,(H,26,27)/t17?,18?,21-/m0/s1. The minimum atomic E-state index is -3.66. The van der Waals surface area contributed by atoms with Gasteiger partial charge in [-0.15, -0.1) is 0 Å². The largest absolute Gasteiger partial charge is 0.477 e. The number of aliphatic carboxylic acids is 1. The highest BCUT2D eigenvalue weighted by atomic mass is 32.2. The SMILES string of the molecule is CC1=C(C(=O)O)N2C(=O)C(C3CC3(c3ccccc3)c3ccccc3)[C@@H]2S(=O)(=O)C1. The topological polar surface area (TPSA) is 91.8 Å². The fraction of sp³-hybridized carbons (Fsp3) is 0.304. The molecule has 2 heterocycles. The highest BCUT2D eigenvalue weighted by Gasteiger charge is 2.71. The lowest BCUT2D eigenvalue weighted by Crippen LogP contribution is -2.67. The highest BCUT2D eigenvalue weighted by Crippen LogP contribution is 2.65. The normalized spacial score (nSPS) is 28.5. The summed E-state index contributed by atoms with van der Waals surface area (Å²) in [6, 6.07) is 19.7. The van der Waals surface area contributed by atoms with Gasteiger partial charge in [0.15, 0.2) is 15.2 Å². The second-order valence-electron chi connectivity index (χ2n) is 8.38. The monoisotopic (exact) mass is 423 g/mol. The first-order chi connectivity index (χ1) is 14.3. The van der Waals surface area contributed by atoms with Crippen molar-refractivity contribution in [2.75, 3.05) is 5.75 Å². The van der Waals surface area contributed by atoms with Crippen LogP contribution in [0, 0.1) is 11.8 Å². The van der Waals surface area contributed by atoms with Crippen molar-refractivity contribution in [3.05, 3.63) is 83.1 Å². The van der Waals surface area contributed by atoms with E-state index in [9.17, 15) is 23.1 Å². The maximum absolute atomic E-state index is 13.1. The Kier molecular flexibility index (Phi) is 3.99. The Morgan fingerprint density at radius 3 is 2.07 bits per heavy atom. The highest BCUT2D eigenvalue weighted by molar-refractivity contribution is 7.92. The molecule has 2 aromatic rings. The van der Waals surface area contributed by atoms with Crippen LogP contribution in [0.3, 0.4) is 0 Å². The molecule has 6 nitrogen and oxygen atoms in total. The lowest BCUT2D eigenvalue weighted by molar-refractivity contribution is -0.154. The van der Waals surface area contributed by atoms with Gasteiger partial charge in [-0.1, -0.05) is 60.7 Å². The van der Waals surface area contributed by atoms with Crippen LogP contribution in [0.5, 0.6) is 0 Å². The number of hydrogen-bond donors (Lipinski definition) is 1. The quantitative estimate of drug-likeness (QED) is 0.763. The third kappa shape index (κ3) is 2.45. The van der Waals surface area contributed by atoms with Crippen molar-refractivity contribution in [2.24, 2.45) is 11.8 Å². The molecule has 1 amide bonds. The van der Waals surface area contributed by atoms with E-state index in [1.54, 1.807) is 0 Å². The summed E-state index contributed by atoms with van der Waals surface area (Å²) in [5, 5.41) is 8.47. The molecule has 30 heavy (non-hydrogen) atoms. The summed E-state index contributed by atoms with van der Waals surface area (Å²) < 4.78 is 25.9. The molecule has 2 aromatic carbocycles. The second-order valence-corrected chi connectivity index (χ2v) is 10.5. The van der Waals surface area contributed by atoms with Crippen molar-refractivity contribution < 1.29 is 23.1 Å². The molecule has 2 unspecified atom stereocenters. The number of carbonyl (C=O) groups is 2. The average Bonchev–Trinajstić information content (AvgIpc) is 3.45. The Hall–Kier alpha value is -2.93. The second kappa shape index (κ2) is 6.28. The number of rotatable bonds is 4. The van der Waals surface area contributed by atoms with Gasteiger partial charge in [0.25, 0.3) is 0 Å². The average molecular weight is 423 g/mol. The van der Waals surface area contributed by atoms with Crippen molar-refractivity contribution in [1.82, 2.24) is 4.90 Å². The molecular weight excluding hydrogens is 402 g/mol. The van der Waals surface area contributed by atoms with Crippen molar-refractivity contribution in [2.45, 2.75) is 24.1 Å². The third-order valence-corrected chi connectivity index (χ3v) is 8.82. The van der Waals surface area contributed by atoms with Crippen LogP contribution in [-0.4, -0.2) is 41.4 Å². The predicted molar refractivity (Wildman–Crippen MR) is 110 cm³/mol. The summed E-state index contributed by atoms with van der Waals surface area (Å²) >= 11 is 0. The minimum absolute atomic E-state index is 0.179. The minimum Gasteiger partial charge on any atom is -0.477 e. The van der Waals surface area contributed by atoms with Gasteiger partial charge in [0.2, 0.25) is 5.91 Å². The molecule has 0 spiro atoms. The number of carboxylic acid groups (broad SMARTS) is 1. The first-order valence-electron chi connectivity index (χ1n) is 9.88. The number of sulfone groups is 1. The number of amides is 1. The van der Waals surface area contributed by atoms with E-state index in [1.807, 2.05) is 60.7 Å². The third-order valence-electron chi connectivity index (χ3n) is 6.74. The van der Waals surface area contributed by atoms with Crippen LogP contribution in [0.25, 0.3) is 0 Å². The van der Waals surface area contributed by atoms with Crippen LogP contribution in [0.15, 0.2) is 71.9 Å². The number of nitrogens with zero attached hydrogens (tertiary/aromatic N) is 1. The molecule has 0 aromatic heterocycles. The fourth-order valence-corrected chi connectivity index (χ4v) is 7.64. The maximum atomic E-state index is 13.1. The van der Waals surface area contributed by atoms with Crippen molar-refractivity contribution in [3.8, 4) is 0 Å². The van der Waals surface area contributed by atoms with Crippen LogP contribution < -0.4 is 0 Å². The zero-order valence-corrected chi connectivity index (χ0v) is 17.2. The molecule has 3 aliphatic rings. The van der Waals surface area contributed by atoms with Gasteiger partial charge in [0.05, 0.1) is 11.7 Å². The molecule has 1 saturated carbocycles. The number of β-lactam (4-membered cyclic amide) rings is 1. The van der Waals surface area contributed by atoms with Crippen molar-refractivity contribution in [1.29, 1.82) is 0 Å². The Morgan fingerprint density at radius 2 is 1.57 bits per heavy atom. The number of benzene rings is 2. The molecule has 3 atom stereocenters.